The van der Waals surface area contributed by atoms with Gasteiger partial charge in [0.1, 0.15) is 0 Å². The molecule has 4 atom stereocenters. The summed E-state index contributed by atoms with van der Waals surface area (Å²) >= 11 is 12.1. The lowest BCUT2D eigenvalue weighted by Gasteiger charge is -2.55. The second-order valence-corrected chi connectivity index (χ2v) is 8.11. The van der Waals surface area contributed by atoms with Crippen LogP contribution in [-0.2, 0) is 4.74 Å². The summed E-state index contributed by atoms with van der Waals surface area (Å²) in [6.07, 6.45) is 1.48. The minimum Gasteiger partial charge on any atom is -0.377 e. The van der Waals surface area contributed by atoms with E-state index in [0.717, 1.165) is 24.6 Å². The number of guanidine groups is 1. The topological polar surface area (TPSA) is 45.7 Å². The molecule has 1 aromatic rings. The SMILES string of the molecule is CN=C(NC(C)c1ccc(Cl)c(Cl)c1)NC1C2CCOC2C1(C)C. The monoisotopic (exact) mass is 369 g/mol. The van der Waals surface area contributed by atoms with Crippen molar-refractivity contribution in [3.05, 3.63) is 33.8 Å². The van der Waals surface area contributed by atoms with Crippen LogP contribution in [0.3, 0.4) is 0 Å². The minimum atomic E-state index is 0.0739. The predicted octanol–water partition coefficient (Wildman–Crippen LogP) is 4.03. The quantitative estimate of drug-likeness (QED) is 0.624. The maximum Gasteiger partial charge on any atom is 0.191 e. The Hall–Kier alpha value is -0.970. The number of nitrogens with one attached hydrogen (secondary N) is 2. The van der Waals surface area contributed by atoms with Crippen LogP contribution in [0.1, 0.15) is 38.8 Å². The Bertz CT molecular complexity index is 647. The lowest BCUT2D eigenvalue weighted by Crippen LogP contribution is -2.68. The molecule has 1 heterocycles. The van der Waals surface area contributed by atoms with Gasteiger partial charge in [-0.15, -0.1) is 0 Å². The van der Waals surface area contributed by atoms with Gasteiger partial charge in [0, 0.05) is 31.0 Å². The van der Waals surface area contributed by atoms with E-state index in [1.807, 2.05) is 18.2 Å². The fraction of sp³-hybridized carbons (Fsp3) is 0.611. The molecule has 4 unspecified atom stereocenters. The molecule has 0 spiro atoms. The number of hydrogen-bond acceptors (Lipinski definition) is 2. The normalized spacial score (nSPS) is 29.6. The minimum absolute atomic E-state index is 0.0739. The van der Waals surface area contributed by atoms with E-state index in [1.165, 1.54) is 0 Å². The molecule has 2 fully saturated rings. The molecular weight excluding hydrogens is 345 g/mol. The molecule has 132 valence electrons. The molecule has 2 aliphatic rings. The lowest BCUT2D eigenvalue weighted by atomic mass is 9.57. The number of rotatable bonds is 3. The summed E-state index contributed by atoms with van der Waals surface area (Å²) in [7, 11) is 1.80. The molecule has 0 amide bonds. The number of halogens is 2. The summed E-state index contributed by atoms with van der Waals surface area (Å²) in [6, 6.07) is 6.14. The third-order valence-electron chi connectivity index (χ3n) is 5.41. The van der Waals surface area contributed by atoms with Gasteiger partial charge in [-0.1, -0.05) is 43.1 Å². The zero-order valence-corrected chi connectivity index (χ0v) is 16.1. The molecule has 3 rings (SSSR count). The molecular formula is C18H25Cl2N3O. The van der Waals surface area contributed by atoms with Crippen LogP contribution in [0.5, 0.6) is 0 Å². The highest BCUT2D eigenvalue weighted by Gasteiger charge is 2.59. The van der Waals surface area contributed by atoms with E-state index in [4.69, 9.17) is 27.9 Å². The van der Waals surface area contributed by atoms with Crippen molar-refractivity contribution in [2.75, 3.05) is 13.7 Å². The summed E-state index contributed by atoms with van der Waals surface area (Å²) in [6.45, 7) is 7.46. The van der Waals surface area contributed by atoms with Gasteiger partial charge in [-0.25, -0.2) is 0 Å². The van der Waals surface area contributed by atoms with Crippen LogP contribution >= 0.6 is 23.2 Å². The van der Waals surface area contributed by atoms with Gasteiger partial charge >= 0.3 is 0 Å². The average molecular weight is 370 g/mol. The summed E-state index contributed by atoms with van der Waals surface area (Å²) in [5, 5.41) is 8.17. The molecule has 2 N–H and O–H groups in total. The van der Waals surface area contributed by atoms with Crippen molar-refractivity contribution in [3.63, 3.8) is 0 Å². The van der Waals surface area contributed by atoms with Crippen LogP contribution < -0.4 is 10.6 Å². The summed E-state index contributed by atoms with van der Waals surface area (Å²) in [5.74, 6) is 1.37. The molecule has 0 bridgehead atoms. The number of ether oxygens (including phenoxy) is 1. The Morgan fingerprint density at radius 2 is 2.08 bits per heavy atom. The Kier molecular flexibility index (Phi) is 5.01. The van der Waals surface area contributed by atoms with Gasteiger partial charge in [0.2, 0.25) is 0 Å². The summed E-state index contributed by atoms with van der Waals surface area (Å²) in [5.41, 5.74) is 1.19. The number of benzene rings is 1. The third kappa shape index (κ3) is 3.12. The van der Waals surface area contributed by atoms with Crippen molar-refractivity contribution in [2.24, 2.45) is 16.3 Å². The van der Waals surface area contributed by atoms with Crippen molar-refractivity contribution in [1.29, 1.82) is 0 Å². The van der Waals surface area contributed by atoms with E-state index in [9.17, 15) is 0 Å². The van der Waals surface area contributed by atoms with Crippen LogP contribution in [0.4, 0.5) is 0 Å². The van der Waals surface area contributed by atoms with Crippen molar-refractivity contribution in [3.8, 4) is 0 Å². The molecule has 0 radical (unpaired) electrons. The molecule has 1 aromatic carbocycles. The summed E-state index contributed by atoms with van der Waals surface area (Å²) in [4.78, 5) is 4.39. The number of aliphatic imine (C=N–C) groups is 1. The third-order valence-corrected chi connectivity index (χ3v) is 6.15. The fourth-order valence-electron chi connectivity index (χ4n) is 4.01. The highest BCUT2D eigenvalue weighted by Crippen LogP contribution is 2.52. The molecule has 24 heavy (non-hydrogen) atoms. The number of hydrogen-bond donors (Lipinski definition) is 2. The van der Waals surface area contributed by atoms with Crippen LogP contribution in [0.15, 0.2) is 23.2 Å². The molecule has 1 aliphatic heterocycles. The Labute approximate surface area is 154 Å². The van der Waals surface area contributed by atoms with Gasteiger partial charge in [-0.3, -0.25) is 4.99 Å². The van der Waals surface area contributed by atoms with E-state index in [0.29, 0.717) is 28.1 Å². The van der Waals surface area contributed by atoms with Crippen molar-refractivity contribution in [2.45, 2.75) is 45.4 Å². The predicted molar refractivity (Wildman–Crippen MR) is 99.9 cm³/mol. The van der Waals surface area contributed by atoms with E-state index >= 15 is 0 Å². The van der Waals surface area contributed by atoms with Crippen molar-refractivity contribution in [1.82, 2.24) is 10.6 Å². The second kappa shape index (κ2) is 6.74. The Balaban J connectivity index is 1.66. The molecule has 4 nitrogen and oxygen atoms in total. The van der Waals surface area contributed by atoms with Crippen LogP contribution in [0.2, 0.25) is 10.0 Å². The largest absolute Gasteiger partial charge is 0.377 e. The van der Waals surface area contributed by atoms with Gasteiger partial charge in [-0.05, 0) is 31.0 Å². The van der Waals surface area contributed by atoms with E-state index in [1.54, 1.807) is 7.05 Å². The Morgan fingerprint density at radius 3 is 2.75 bits per heavy atom. The maximum atomic E-state index is 6.12. The van der Waals surface area contributed by atoms with Gasteiger partial charge in [0.15, 0.2) is 5.96 Å². The molecule has 1 saturated heterocycles. The first-order valence-corrected chi connectivity index (χ1v) is 9.16. The van der Waals surface area contributed by atoms with Crippen molar-refractivity contribution >= 4 is 29.2 Å². The van der Waals surface area contributed by atoms with Crippen LogP contribution in [-0.4, -0.2) is 31.8 Å². The fourth-order valence-corrected chi connectivity index (χ4v) is 4.31. The van der Waals surface area contributed by atoms with Gasteiger partial charge in [0.05, 0.1) is 22.2 Å². The highest BCUT2D eigenvalue weighted by molar-refractivity contribution is 6.42. The summed E-state index contributed by atoms with van der Waals surface area (Å²) < 4.78 is 5.86. The van der Waals surface area contributed by atoms with E-state index in [-0.39, 0.29) is 11.5 Å². The first-order chi connectivity index (χ1) is 11.3. The average Bonchev–Trinajstić information content (AvgIpc) is 3.00. The van der Waals surface area contributed by atoms with Crippen LogP contribution in [0.25, 0.3) is 0 Å². The standard InChI is InChI=1S/C18H25Cl2N3O/c1-10(11-5-6-13(19)14(20)9-11)22-17(21-4)23-15-12-7-8-24-16(12)18(15,2)3/h5-6,9-10,12,15-16H,7-8H2,1-4H3,(H2,21,22,23). The maximum absolute atomic E-state index is 6.12. The van der Waals surface area contributed by atoms with Crippen molar-refractivity contribution < 1.29 is 4.74 Å². The molecule has 0 aromatic heterocycles. The van der Waals surface area contributed by atoms with E-state index < -0.39 is 0 Å². The smallest absolute Gasteiger partial charge is 0.191 e. The van der Waals surface area contributed by atoms with E-state index in [2.05, 4.69) is 36.4 Å². The zero-order valence-electron chi connectivity index (χ0n) is 14.6. The van der Waals surface area contributed by atoms with Crippen LogP contribution in [0, 0.1) is 11.3 Å². The zero-order chi connectivity index (χ0) is 17.5. The Morgan fingerprint density at radius 1 is 1.33 bits per heavy atom. The number of fused-ring (bicyclic) bond motifs is 1. The van der Waals surface area contributed by atoms with Gasteiger partial charge in [0.25, 0.3) is 0 Å². The van der Waals surface area contributed by atoms with Gasteiger partial charge in [-0.2, -0.15) is 0 Å². The first-order valence-electron chi connectivity index (χ1n) is 8.41. The van der Waals surface area contributed by atoms with Gasteiger partial charge < -0.3 is 15.4 Å². The number of nitrogens with zero attached hydrogens (tertiary/aromatic N) is 1. The first kappa shape index (κ1) is 17.8. The highest BCUT2D eigenvalue weighted by atomic mass is 35.5. The molecule has 1 aliphatic carbocycles. The molecule has 6 heteroatoms. The molecule has 1 saturated carbocycles. The lowest BCUT2D eigenvalue weighted by molar-refractivity contribution is -0.106. The second-order valence-electron chi connectivity index (χ2n) is 7.30.